The summed E-state index contributed by atoms with van der Waals surface area (Å²) in [5, 5.41) is 9.13. The molecule has 9 heteroatoms. The molecule has 24 heavy (non-hydrogen) atoms. The summed E-state index contributed by atoms with van der Waals surface area (Å²) in [5.74, 6) is -0.494. The molecular weight excluding hydrogens is 317 g/mol. The van der Waals surface area contributed by atoms with Gasteiger partial charge in [0, 0.05) is 11.8 Å². The van der Waals surface area contributed by atoms with E-state index in [1.54, 1.807) is 6.92 Å². The second-order valence-corrected chi connectivity index (χ2v) is 5.10. The van der Waals surface area contributed by atoms with Gasteiger partial charge in [-0.1, -0.05) is 0 Å². The van der Waals surface area contributed by atoms with Crippen LogP contribution >= 0.6 is 0 Å². The standard InChI is InChI=1S/C15H18FN5O3/c1-9(12-5-10(16)3-4-13(12)24-2)19-15(23)20-11-6-18-21(7-11)8-14(17)22/h3-7,9H,8H2,1-2H3,(H2,17,22)(H2,19,20,23)/t9-/m1/s1. The van der Waals surface area contributed by atoms with Crippen molar-refractivity contribution < 1.29 is 18.7 Å². The highest BCUT2D eigenvalue weighted by Gasteiger charge is 2.15. The van der Waals surface area contributed by atoms with Gasteiger partial charge in [-0.05, 0) is 25.1 Å². The number of rotatable bonds is 6. The van der Waals surface area contributed by atoms with Crippen LogP contribution in [0.15, 0.2) is 30.6 Å². The number of nitrogens with one attached hydrogen (secondary N) is 2. The van der Waals surface area contributed by atoms with E-state index in [2.05, 4.69) is 15.7 Å². The van der Waals surface area contributed by atoms with Crippen LogP contribution in [0.4, 0.5) is 14.9 Å². The molecule has 0 unspecified atom stereocenters. The zero-order valence-electron chi connectivity index (χ0n) is 13.2. The van der Waals surface area contributed by atoms with E-state index in [4.69, 9.17) is 10.5 Å². The van der Waals surface area contributed by atoms with E-state index in [0.29, 0.717) is 17.0 Å². The monoisotopic (exact) mass is 335 g/mol. The van der Waals surface area contributed by atoms with E-state index < -0.39 is 23.8 Å². The molecule has 8 nitrogen and oxygen atoms in total. The molecular formula is C15H18FN5O3. The predicted molar refractivity (Wildman–Crippen MR) is 84.9 cm³/mol. The zero-order valence-corrected chi connectivity index (χ0v) is 13.2. The summed E-state index contributed by atoms with van der Waals surface area (Å²) < 4.78 is 19.9. The molecule has 0 aliphatic carbocycles. The molecule has 3 amide bonds. The summed E-state index contributed by atoms with van der Waals surface area (Å²) in [6, 6.07) is 3.08. The number of carbonyl (C=O) groups excluding carboxylic acids is 2. The Balaban J connectivity index is 2.00. The Morgan fingerprint density at radius 1 is 1.46 bits per heavy atom. The Morgan fingerprint density at radius 3 is 2.88 bits per heavy atom. The zero-order chi connectivity index (χ0) is 17.7. The lowest BCUT2D eigenvalue weighted by molar-refractivity contribution is -0.118. The highest BCUT2D eigenvalue weighted by atomic mass is 19.1. The first kappa shape index (κ1) is 17.3. The van der Waals surface area contributed by atoms with E-state index >= 15 is 0 Å². The lowest BCUT2D eigenvalue weighted by atomic mass is 10.1. The van der Waals surface area contributed by atoms with E-state index in [1.807, 2.05) is 0 Å². The van der Waals surface area contributed by atoms with E-state index in [-0.39, 0.29) is 6.54 Å². The molecule has 0 radical (unpaired) electrons. The second kappa shape index (κ2) is 7.44. The maximum absolute atomic E-state index is 13.4. The van der Waals surface area contributed by atoms with Crippen LogP contribution in [0.1, 0.15) is 18.5 Å². The number of carbonyl (C=O) groups is 2. The first-order valence-corrected chi connectivity index (χ1v) is 7.10. The second-order valence-electron chi connectivity index (χ2n) is 5.10. The summed E-state index contributed by atoms with van der Waals surface area (Å²) in [4.78, 5) is 22.8. The topological polar surface area (TPSA) is 111 Å². The van der Waals surface area contributed by atoms with E-state index in [0.717, 1.165) is 0 Å². The maximum Gasteiger partial charge on any atom is 0.319 e. The number of urea groups is 1. The third-order valence-corrected chi connectivity index (χ3v) is 3.21. The van der Waals surface area contributed by atoms with Crippen molar-refractivity contribution in [3.05, 3.63) is 42.0 Å². The molecule has 2 rings (SSSR count). The number of primary amides is 1. The van der Waals surface area contributed by atoms with Crippen molar-refractivity contribution in [3.8, 4) is 5.75 Å². The lowest BCUT2D eigenvalue weighted by Crippen LogP contribution is -2.31. The molecule has 2 aromatic rings. The smallest absolute Gasteiger partial charge is 0.319 e. The first-order valence-electron chi connectivity index (χ1n) is 7.10. The average Bonchev–Trinajstić information content (AvgIpc) is 2.93. The molecule has 128 valence electrons. The Morgan fingerprint density at radius 2 is 2.21 bits per heavy atom. The number of anilines is 1. The van der Waals surface area contributed by atoms with Gasteiger partial charge in [-0.3, -0.25) is 9.48 Å². The van der Waals surface area contributed by atoms with Crippen LogP contribution in [0, 0.1) is 5.82 Å². The summed E-state index contributed by atoms with van der Waals surface area (Å²) in [6.45, 7) is 1.62. The number of benzene rings is 1. The lowest BCUT2D eigenvalue weighted by Gasteiger charge is -2.17. The van der Waals surface area contributed by atoms with Gasteiger partial charge in [-0.15, -0.1) is 0 Å². The molecule has 1 aromatic carbocycles. The van der Waals surface area contributed by atoms with Gasteiger partial charge in [0.1, 0.15) is 18.1 Å². The van der Waals surface area contributed by atoms with Crippen LogP contribution in [-0.4, -0.2) is 28.8 Å². The highest BCUT2D eigenvalue weighted by molar-refractivity contribution is 5.89. The van der Waals surface area contributed by atoms with Gasteiger partial charge in [0.25, 0.3) is 0 Å². The van der Waals surface area contributed by atoms with Crippen molar-refractivity contribution in [2.75, 3.05) is 12.4 Å². The molecule has 4 N–H and O–H groups in total. The third kappa shape index (κ3) is 4.45. The normalized spacial score (nSPS) is 11.6. The maximum atomic E-state index is 13.4. The Labute approximate surface area is 137 Å². The minimum atomic E-state index is -0.541. The fraction of sp³-hybridized carbons (Fsp3) is 0.267. The van der Waals surface area contributed by atoms with Crippen LogP contribution < -0.4 is 21.1 Å². The number of nitrogens with zero attached hydrogens (tertiary/aromatic N) is 2. The van der Waals surface area contributed by atoms with Crippen LogP contribution in [0.5, 0.6) is 5.75 Å². The quantitative estimate of drug-likeness (QED) is 0.741. The van der Waals surface area contributed by atoms with Crippen molar-refractivity contribution in [3.63, 3.8) is 0 Å². The fourth-order valence-corrected chi connectivity index (χ4v) is 2.16. The van der Waals surface area contributed by atoms with Crippen molar-refractivity contribution in [2.24, 2.45) is 5.73 Å². The van der Waals surface area contributed by atoms with Gasteiger partial charge in [0.2, 0.25) is 5.91 Å². The summed E-state index contributed by atoms with van der Waals surface area (Å²) >= 11 is 0. The van der Waals surface area contributed by atoms with Gasteiger partial charge in [-0.25, -0.2) is 9.18 Å². The molecule has 0 saturated carbocycles. The van der Waals surface area contributed by atoms with Gasteiger partial charge in [-0.2, -0.15) is 5.10 Å². The number of ether oxygens (including phenoxy) is 1. The number of hydrogen-bond donors (Lipinski definition) is 3. The molecule has 0 aliphatic heterocycles. The third-order valence-electron chi connectivity index (χ3n) is 3.21. The Bertz CT molecular complexity index is 746. The van der Waals surface area contributed by atoms with Crippen molar-refractivity contribution >= 4 is 17.6 Å². The highest BCUT2D eigenvalue weighted by Crippen LogP contribution is 2.25. The molecule has 1 heterocycles. The first-order chi connectivity index (χ1) is 11.4. The fourth-order valence-electron chi connectivity index (χ4n) is 2.16. The van der Waals surface area contributed by atoms with Gasteiger partial charge < -0.3 is 21.1 Å². The summed E-state index contributed by atoms with van der Waals surface area (Å²) in [7, 11) is 1.47. The molecule has 0 aliphatic rings. The number of amides is 3. The van der Waals surface area contributed by atoms with Gasteiger partial charge in [0.05, 0.1) is 25.0 Å². The largest absolute Gasteiger partial charge is 0.496 e. The number of nitrogens with two attached hydrogens (primary N) is 1. The van der Waals surface area contributed by atoms with Crippen molar-refractivity contribution in [1.29, 1.82) is 0 Å². The molecule has 0 fully saturated rings. The summed E-state index contributed by atoms with van der Waals surface area (Å²) in [6.07, 6.45) is 2.85. The van der Waals surface area contributed by atoms with E-state index in [9.17, 15) is 14.0 Å². The Kier molecular flexibility index (Phi) is 5.35. The average molecular weight is 335 g/mol. The van der Waals surface area contributed by atoms with Crippen molar-refractivity contribution in [1.82, 2.24) is 15.1 Å². The van der Waals surface area contributed by atoms with Gasteiger partial charge >= 0.3 is 6.03 Å². The SMILES string of the molecule is COc1ccc(F)cc1[C@@H](C)NC(=O)Nc1cnn(CC(N)=O)c1. The molecule has 0 saturated heterocycles. The molecule has 1 atom stereocenters. The van der Waals surface area contributed by atoms with Crippen LogP contribution in [0.3, 0.4) is 0 Å². The molecule has 0 bridgehead atoms. The number of methoxy groups -OCH3 is 1. The molecule has 1 aromatic heterocycles. The minimum absolute atomic E-state index is 0.0831. The summed E-state index contributed by atoms with van der Waals surface area (Å²) in [5.41, 5.74) is 5.97. The van der Waals surface area contributed by atoms with Crippen LogP contribution in [-0.2, 0) is 11.3 Å². The predicted octanol–water partition coefficient (Wildman–Crippen LogP) is 1.40. The van der Waals surface area contributed by atoms with Crippen molar-refractivity contribution in [2.45, 2.75) is 19.5 Å². The number of aromatic nitrogens is 2. The minimum Gasteiger partial charge on any atom is -0.496 e. The number of hydrogen-bond acceptors (Lipinski definition) is 4. The Hall–Kier alpha value is -3.10. The van der Waals surface area contributed by atoms with Crippen LogP contribution in [0.2, 0.25) is 0 Å². The van der Waals surface area contributed by atoms with Crippen LogP contribution in [0.25, 0.3) is 0 Å². The van der Waals surface area contributed by atoms with Gasteiger partial charge in [0.15, 0.2) is 0 Å². The number of halogens is 1. The molecule has 0 spiro atoms. The van der Waals surface area contributed by atoms with E-state index in [1.165, 1.54) is 42.4 Å².